The van der Waals surface area contributed by atoms with Gasteiger partial charge in [-0.3, -0.25) is 0 Å². The van der Waals surface area contributed by atoms with E-state index >= 15 is 0 Å². The zero-order chi connectivity index (χ0) is 18.6. The first-order valence-electron chi connectivity index (χ1n) is 8.83. The lowest BCUT2D eigenvalue weighted by molar-refractivity contribution is 0.423. The van der Waals surface area contributed by atoms with Gasteiger partial charge in [0.2, 0.25) is 16.0 Å². The van der Waals surface area contributed by atoms with Crippen molar-refractivity contribution < 1.29 is 8.42 Å². The predicted octanol–water partition coefficient (Wildman–Crippen LogP) is 3.74. The van der Waals surface area contributed by atoms with E-state index in [0.717, 1.165) is 42.5 Å². The van der Waals surface area contributed by atoms with E-state index in [1.165, 1.54) is 0 Å². The second-order valence-electron chi connectivity index (χ2n) is 6.46. The molecule has 1 aromatic heterocycles. The molecule has 1 saturated heterocycles. The first-order valence-corrected chi connectivity index (χ1v) is 10.3. The van der Waals surface area contributed by atoms with Crippen LogP contribution in [0, 0.1) is 6.92 Å². The van der Waals surface area contributed by atoms with Crippen LogP contribution in [0.25, 0.3) is 6.08 Å². The van der Waals surface area contributed by atoms with E-state index in [1.807, 2.05) is 6.92 Å². The molecule has 138 valence electrons. The van der Waals surface area contributed by atoms with Crippen molar-refractivity contribution in [2.45, 2.75) is 37.5 Å². The highest BCUT2D eigenvalue weighted by Gasteiger charge is 2.25. The number of anilines is 2. The number of nitrogens with one attached hydrogen (secondary N) is 1. The van der Waals surface area contributed by atoms with Crippen LogP contribution in [0.5, 0.6) is 0 Å². The summed E-state index contributed by atoms with van der Waals surface area (Å²) in [7, 11) is -3.44. The third kappa shape index (κ3) is 4.11. The van der Waals surface area contributed by atoms with Crippen molar-refractivity contribution in [3.63, 3.8) is 0 Å². The summed E-state index contributed by atoms with van der Waals surface area (Å²) in [5.41, 5.74) is 2.45. The molecule has 7 heteroatoms. The van der Waals surface area contributed by atoms with Gasteiger partial charge in [0.15, 0.2) is 0 Å². The average Bonchev–Trinajstić information content (AvgIpc) is 2.94. The molecule has 1 aliphatic rings. The average molecular weight is 372 g/mol. The Hall–Kier alpha value is -2.25. The van der Waals surface area contributed by atoms with Gasteiger partial charge in [-0.15, -0.1) is 0 Å². The normalized spacial score (nSPS) is 16.0. The van der Waals surface area contributed by atoms with Gasteiger partial charge in [0.05, 0.1) is 4.90 Å². The highest BCUT2D eigenvalue weighted by molar-refractivity contribution is 7.89. The molecule has 2 aromatic rings. The smallest absolute Gasteiger partial charge is 0.243 e. The van der Waals surface area contributed by atoms with E-state index < -0.39 is 10.0 Å². The molecule has 1 fully saturated rings. The van der Waals surface area contributed by atoms with Gasteiger partial charge in [0.25, 0.3) is 0 Å². The van der Waals surface area contributed by atoms with E-state index in [-0.39, 0.29) is 0 Å². The number of hydrogen-bond donors (Lipinski definition) is 1. The Morgan fingerprint density at radius 3 is 2.35 bits per heavy atom. The van der Waals surface area contributed by atoms with Crippen molar-refractivity contribution in [3.05, 3.63) is 48.3 Å². The number of nitrogens with zero attached hydrogens (tertiary/aromatic N) is 3. The maximum Gasteiger partial charge on any atom is 0.243 e. The summed E-state index contributed by atoms with van der Waals surface area (Å²) in [5, 5.41) is 3.13. The minimum atomic E-state index is -3.44. The van der Waals surface area contributed by atoms with Crippen molar-refractivity contribution in [2.75, 3.05) is 18.4 Å². The number of aromatic nitrogens is 2. The standard InChI is InChI=1S/C19H24N4O2S/c1-3-16-13-20-19(21-14-16)22-18-9-8-17(12-15(18)2)26(24,25)23-10-6-4-5-7-11-23/h3,8-9,12-14H,1,4-7,10-11H2,2H3,(H,20,21,22). The van der Waals surface area contributed by atoms with E-state index in [0.29, 0.717) is 23.9 Å². The fraction of sp³-hybridized carbons (Fsp3) is 0.368. The highest BCUT2D eigenvalue weighted by atomic mass is 32.2. The topological polar surface area (TPSA) is 75.2 Å². The fourth-order valence-electron chi connectivity index (χ4n) is 3.00. The second-order valence-corrected chi connectivity index (χ2v) is 8.40. The molecule has 0 aliphatic carbocycles. The van der Waals surface area contributed by atoms with Crippen molar-refractivity contribution in [3.8, 4) is 0 Å². The van der Waals surface area contributed by atoms with Crippen molar-refractivity contribution in [1.82, 2.24) is 14.3 Å². The SMILES string of the molecule is C=Cc1cnc(Nc2ccc(S(=O)(=O)N3CCCCCC3)cc2C)nc1. The summed E-state index contributed by atoms with van der Waals surface area (Å²) in [6, 6.07) is 5.12. The first-order chi connectivity index (χ1) is 12.5. The Bertz CT molecular complexity index is 871. The van der Waals surface area contributed by atoms with Crippen molar-refractivity contribution in [1.29, 1.82) is 0 Å². The van der Waals surface area contributed by atoms with Crippen LogP contribution in [0.2, 0.25) is 0 Å². The number of aryl methyl sites for hydroxylation is 1. The van der Waals surface area contributed by atoms with Crippen LogP contribution in [0.15, 0.2) is 42.1 Å². The number of sulfonamides is 1. The molecule has 1 N–H and O–H groups in total. The molecule has 0 bridgehead atoms. The molecule has 0 unspecified atom stereocenters. The van der Waals surface area contributed by atoms with Gasteiger partial charge in [-0.2, -0.15) is 4.31 Å². The quantitative estimate of drug-likeness (QED) is 0.865. The maximum absolute atomic E-state index is 12.9. The van der Waals surface area contributed by atoms with Crippen LogP contribution in [0.1, 0.15) is 36.8 Å². The zero-order valence-electron chi connectivity index (χ0n) is 15.0. The third-order valence-electron chi connectivity index (χ3n) is 4.55. The van der Waals surface area contributed by atoms with Crippen LogP contribution in [0.4, 0.5) is 11.6 Å². The molecule has 6 nitrogen and oxygen atoms in total. The lowest BCUT2D eigenvalue weighted by Gasteiger charge is -2.20. The van der Waals surface area contributed by atoms with Gasteiger partial charge in [0.1, 0.15) is 0 Å². The monoisotopic (exact) mass is 372 g/mol. The lowest BCUT2D eigenvalue weighted by Crippen LogP contribution is -2.32. The Kier molecular flexibility index (Phi) is 5.68. The molecule has 0 spiro atoms. The van der Waals surface area contributed by atoms with E-state index in [4.69, 9.17) is 0 Å². The largest absolute Gasteiger partial charge is 0.324 e. The van der Waals surface area contributed by atoms with Gasteiger partial charge >= 0.3 is 0 Å². The molecular formula is C19H24N4O2S. The molecule has 26 heavy (non-hydrogen) atoms. The van der Waals surface area contributed by atoms with Gasteiger partial charge in [-0.05, 0) is 43.5 Å². The fourth-order valence-corrected chi connectivity index (χ4v) is 4.60. The van der Waals surface area contributed by atoms with E-state index in [2.05, 4.69) is 21.9 Å². The van der Waals surface area contributed by atoms with Crippen LogP contribution in [-0.2, 0) is 10.0 Å². The van der Waals surface area contributed by atoms with Gasteiger partial charge < -0.3 is 5.32 Å². The van der Waals surface area contributed by atoms with Crippen molar-refractivity contribution >= 4 is 27.7 Å². The Morgan fingerprint density at radius 1 is 1.12 bits per heavy atom. The summed E-state index contributed by atoms with van der Waals surface area (Å²) in [5.74, 6) is 0.460. The molecule has 2 heterocycles. The Morgan fingerprint density at radius 2 is 1.77 bits per heavy atom. The Labute approximate surface area is 155 Å². The molecule has 1 aromatic carbocycles. The molecule has 0 saturated carbocycles. The van der Waals surface area contributed by atoms with Gasteiger partial charge in [-0.25, -0.2) is 18.4 Å². The lowest BCUT2D eigenvalue weighted by atomic mass is 10.2. The third-order valence-corrected chi connectivity index (χ3v) is 6.45. The zero-order valence-corrected chi connectivity index (χ0v) is 15.8. The molecule has 3 rings (SSSR count). The van der Waals surface area contributed by atoms with Crippen LogP contribution >= 0.6 is 0 Å². The number of rotatable bonds is 5. The minimum Gasteiger partial charge on any atom is -0.324 e. The van der Waals surface area contributed by atoms with Gasteiger partial charge in [-0.1, -0.05) is 25.5 Å². The summed E-state index contributed by atoms with van der Waals surface area (Å²) in [4.78, 5) is 8.78. The van der Waals surface area contributed by atoms with Crippen LogP contribution in [-0.4, -0.2) is 35.8 Å². The molecule has 0 amide bonds. The van der Waals surface area contributed by atoms with Crippen LogP contribution < -0.4 is 5.32 Å². The molecule has 0 atom stereocenters. The number of benzene rings is 1. The first kappa shape index (κ1) is 18.5. The summed E-state index contributed by atoms with van der Waals surface area (Å²) in [6.45, 7) is 6.76. The second kappa shape index (κ2) is 7.97. The maximum atomic E-state index is 12.9. The van der Waals surface area contributed by atoms with E-state index in [9.17, 15) is 8.42 Å². The Balaban J connectivity index is 1.80. The highest BCUT2D eigenvalue weighted by Crippen LogP contribution is 2.25. The predicted molar refractivity (Wildman–Crippen MR) is 104 cm³/mol. The summed E-state index contributed by atoms with van der Waals surface area (Å²) < 4.78 is 27.4. The van der Waals surface area contributed by atoms with Gasteiger partial charge in [0, 0.05) is 36.7 Å². The number of hydrogen-bond acceptors (Lipinski definition) is 5. The molecular weight excluding hydrogens is 348 g/mol. The summed E-state index contributed by atoms with van der Waals surface area (Å²) in [6.07, 6.45) is 9.08. The minimum absolute atomic E-state index is 0.338. The van der Waals surface area contributed by atoms with Crippen LogP contribution in [0.3, 0.4) is 0 Å². The molecule has 1 aliphatic heterocycles. The van der Waals surface area contributed by atoms with E-state index in [1.54, 1.807) is 41.0 Å². The van der Waals surface area contributed by atoms with Crippen molar-refractivity contribution in [2.24, 2.45) is 0 Å². The molecule has 0 radical (unpaired) electrons. The summed E-state index contributed by atoms with van der Waals surface area (Å²) >= 11 is 0.